The molecule has 1 saturated heterocycles. The summed E-state index contributed by atoms with van der Waals surface area (Å²) in [6, 6.07) is 8.11. The summed E-state index contributed by atoms with van der Waals surface area (Å²) in [4.78, 5) is 11.7. The van der Waals surface area contributed by atoms with Gasteiger partial charge < -0.3 is 24.5 Å². The number of nitrogens with zero attached hydrogens (tertiary/aromatic N) is 4. The Bertz CT molecular complexity index is 1210. The molecule has 0 radical (unpaired) electrons. The lowest BCUT2D eigenvalue weighted by Crippen LogP contribution is -2.60. The third kappa shape index (κ3) is 3.77. The normalized spacial score (nSPS) is 22.5. The number of hydrogen-bond acceptors (Lipinski definition) is 6. The molecule has 0 bridgehead atoms. The number of piperidine rings is 1. The maximum atomic E-state index is 13.9. The van der Waals surface area contributed by atoms with Crippen LogP contribution in [0.1, 0.15) is 35.2 Å². The molecule has 172 valence electrons. The SMILES string of the molecule is Cc1cn(-c2ccc(C3=NOCC4N3CCCC4(O)c3cc(F)cc(F)c3)cc2CO)cn1. The molecule has 2 N–H and O–H groups in total. The molecule has 7 nitrogen and oxygen atoms in total. The van der Waals surface area contributed by atoms with E-state index in [1.807, 2.05) is 40.8 Å². The number of aromatic nitrogens is 2. The number of aliphatic hydroxyl groups excluding tert-OH is 1. The average Bonchev–Trinajstić information content (AvgIpc) is 3.24. The maximum absolute atomic E-state index is 13.9. The second kappa shape index (κ2) is 8.24. The van der Waals surface area contributed by atoms with E-state index in [-0.39, 0.29) is 18.8 Å². The number of benzene rings is 2. The van der Waals surface area contributed by atoms with Gasteiger partial charge in [0.2, 0.25) is 0 Å². The number of fused-ring (bicyclic) bond motifs is 1. The minimum atomic E-state index is -1.50. The van der Waals surface area contributed by atoms with E-state index >= 15 is 0 Å². The summed E-state index contributed by atoms with van der Waals surface area (Å²) in [5.41, 5.74) is 1.71. The molecular formula is C24H24F2N4O3. The van der Waals surface area contributed by atoms with Gasteiger partial charge in [0.25, 0.3) is 0 Å². The van der Waals surface area contributed by atoms with Gasteiger partial charge in [0.15, 0.2) is 5.84 Å². The van der Waals surface area contributed by atoms with Gasteiger partial charge >= 0.3 is 0 Å². The van der Waals surface area contributed by atoms with E-state index in [0.29, 0.717) is 36.3 Å². The summed E-state index contributed by atoms with van der Waals surface area (Å²) in [5.74, 6) is -0.970. The van der Waals surface area contributed by atoms with Gasteiger partial charge in [-0.05, 0) is 55.7 Å². The van der Waals surface area contributed by atoms with Gasteiger partial charge in [-0.15, -0.1) is 0 Å². The molecule has 3 heterocycles. The zero-order chi connectivity index (χ0) is 23.2. The molecule has 2 aromatic carbocycles. The number of hydrogen-bond donors (Lipinski definition) is 2. The van der Waals surface area contributed by atoms with Crippen LogP contribution in [0, 0.1) is 18.6 Å². The first kappa shape index (κ1) is 21.5. The van der Waals surface area contributed by atoms with Gasteiger partial charge in [0.05, 0.1) is 24.3 Å². The van der Waals surface area contributed by atoms with E-state index in [1.165, 1.54) is 12.1 Å². The number of rotatable bonds is 4. The third-order valence-corrected chi connectivity index (χ3v) is 6.40. The van der Waals surface area contributed by atoms with Crippen LogP contribution in [0.3, 0.4) is 0 Å². The molecule has 1 fully saturated rings. The fourth-order valence-corrected chi connectivity index (χ4v) is 4.82. The molecule has 9 heteroatoms. The lowest BCUT2D eigenvalue weighted by molar-refractivity contribution is -0.104. The fraction of sp³-hybridized carbons (Fsp3) is 0.333. The third-order valence-electron chi connectivity index (χ3n) is 6.40. The molecule has 2 aliphatic heterocycles. The molecule has 33 heavy (non-hydrogen) atoms. The van der Waals surface area contributed by atoms with Crippen LogP contribution in [0.4, 0.5) is 8.78 Å². The highest BCUT2D eigenvalue weighted by molar-refractivity contribution is 5.99. The Hall–Kier alpha value is -3.30. The smallest absolute Gasteiger partial charge is 0.175 e. The number of halogens is 2. The van der Waals surface area contributed by atoms with Crippen molar-refractivity contribution in [3.63, 3.8) is 0 Å². The highest BCUT2D eigenvalue weighted by atomic mass is 19.1. The monoisotopic (exact) mass is 454 g/mol. The Morgan fingerprint density at radius 2 is 1.97 bits per heavy atom. The summed E-state index contributed by atoms with van der Waals surface area (Å²) in [7, 11) is 0. The Kier molecular flexibility index (Phi) is 5.38. The molecule has 3 aromatic rings. The van der Waals surface area contributed by atoms with Crippen molar-refractivity contribution in [2.75, 3.05) is 13.2 Å². The molecule has 2 aliphatic rings. The number of aliphatic hydroxyl groups is 2. The first-order valence-electron chi connectivity index (χ1n) is 10.8. The number of amidine groups is 1. The van der Waals surface area contributed by atoms with Crippen molar-refractivity contribution in [3.8, 4) is 5.69 Å². The minimum Gasteiger partial charge on any atom is -0.392 e. The molecule has 0 amide bonds. The van der Waals surface area contributed by atoms with E-state index in [0.717, 1.165) is 17.4 Å². The van der Waals surface area contributed by atoms with E-state index in [4.69, 9.17) is 4.84 Å². The topological polar surface area (TPSA) is 83.1 Å². The zero-order valence-electron chi connectivity index (χ0n) is 18.1. The Balaban J connectivity index is 1.51. The van der Waals surface area contributed by atoms with Gasteiger partial charge in [-0.3, -0.25) is 0 Å². The van der Waals surface area contributed by atoms with Crippen LogP contribution in [0.25, 0.3) is 5.69 Å². The maximum Gasteiger partial charge on any atom is 0.175 e. The highest BCUT2D eigenvalue weighted by Gasteiger charge is 2.48. The van der Waals surface area contributed by atoms with Crippen LogP contribution in [0.15, 0.2) is 54.1 Å². The first-order valence-corrected chi connectivity index (χ1v) is 10.8. The minimum absolute atomic E-state index is 0.0807. The molecule has 0 spiro atoms. The van der Waals surface area contributed by atoms with Crippen LogP contribution in [-0.4, -0.2) is 49.7 Å². The second-order valence-electron chi connectivity index (χ2n) is 8.53. The summed E-state index contributed by atoms with van der Waals surface area (Å²) < 4.78 is 29.7. The first-order chi connectivity index (χ1) is 15.9. The molecule has 0 saturated carbocycles. The van der Waals surface area contributed by atoms with Crippen molar-refractivity contribution in [1.29, 1.82) is 0 Å². The second-order valence-corrected chi connectivity index (χ2v) is 8.53. The van der Waals surface area contributed by atoms with Crippen LogP contribution in [0.5, 0.6) is 0 Å². The van der Waals surface area contributed by atoms with Gasteiger partial charge in [0.1, 0.15) is 29.9 Å². The molecular weight excluding hydrogens is 430 g/mol. The summed E-state index contributed by atoms with van der Waals surface area (Å²) >= 11 is 0. The Morgan fingerprint density at radius 3 is 2.67 bits per heavy atom. The van der Waals surface area contributed by atoms with Gasteiger partial charge in [-0.2, -0.15) is 0 Å². The van der Waals surface area contributed by atoms with Gasteiger partial charge in [0, 0.05) is 29.9 Å². The summed E-state index contributed by atoms with van der Waals surface area (Å²) in [6.07, 6.45) is 4.50. The molecule has 1 aromatic heterocycles. The molecule has 2 atom stereocenters. The lowest BCUT2D eigenvalue weighted by atomic mass is 9.78. The standard InChI is InChI=1S/C24H24F2N4O3/c1-15-11-29(14-27-15)21-4-3-16(7-17(21)12-31)23-28-33-13-22-24(32,5-2-6-30(22)23)18-8-19(25)10-20(26)9-18/h3-4,7-11,14,22,31-32H,2,5-6,12-13H2,1H3. The number of oxime groups is 1. The summed E-state index contributed by atoms with van der Waals surface area (Å²) in [6.45, 7) is 2.38. The van der Waals surface area contributed by atoms with Crippen molar-refractivity contribution in [3.05, 3.63) is 82.9 Å². The Morgan fingerprint density at radius 1 is 1.18 bits per heavy atom. The van der Waals surface area contributed by atoms with Crippen molar-refractivity contribution in [2.24, 2.45) is 5.16 Å². The predicted molar refractivity (Wildman–Crippen MR) is 117 cm³/mol. The van der Waals surface area contributed by atoms with Crippen molar-refractivity contribution >= 4 is 5.84 Å². The van der Waals surface area contributed by atoms with Crippen LogP contribution in [0.2, 0.25) is 0 Å². The van der Waals surface area contributed by atoms with Crippen molar-refractivity contribution < 1.29 is 23.8 Å². The highest BCUT2D eigenvalue weighted by Crippen LogP contribution is 2.40. The molecule has 5 rings (SSSR count). The van der Waals surface area contributed by atoms with Crippen LogP contribution in [-0.2, 0) is 17.0 Å². The zero-order valence-corrected chi connectivity index (χ0v) is 18.1. The fourth-order valence-electron chi connectivity index (χ4n) is 4.82. The number of imidazole rings is 1. The van der Waals surface area contributed by atoms with Crippen molar-refractivity contribution in [2.45, 2.75) is 38.0 Å². The largest absolute Gasteiger partial charge is 0.392 e. The van der Waals surface area contributed by atoms with Crippen LogP contribution >= 0.6 is 0 Å². The van der Waals surface area contributed by atoms with E-state index in [9.17, 15) is 19.0 Å². The van der Waals surface area contributed by atoms with Crippen LogP contribution < -0.4 is 0 Å². The van der Waals surface area contributed by atoms with E-state index in [2.05, 4.69) is 10.1 Å². The quantitative estimate of drug-likeness (QED) is 0.633. The molecule has 0 aliphatic carbocycles. The van der Waals surface area contributed by atoms with Gasteiger partial charge in [-0.1, -0.05) is 5.16 Å². The van der Waals surface area contributed by atoms with Gasteiger partial charge in [-0.25, -0.2) is 13.8 Å². The van der Waals surface area contributed by atoms with E-state index < -0.39 is 23.3 Å². The molecule has 2 unspecified atom stereocenters. The van der Waals surface area contributed by atoms with Crippen molar-refractivity contribution in [1.82, 2.24) is 14.5 Å². The Labute approximate surface area is 189 Å². The number of aryl methyl sites for hydroxylation is 1. The lowest BCUT2D eigenvalue weighted by Gasteiger charge is -2.49. The van der Waals surface area contributed by atoms with E-state index in [1.54, 1.807) is 6.33 Å². The summed E-state index contributed by atoms with van der Waals surface area (Å²) in [5, 5.41) is 25.8. The average molecular weight is 454 g/mol. The predicted octanol–water partition coefficient (Wildman–Crippen LogP) is 3.00.